The molecule has 42 heavy (non-hydrogen) atoms. The molecule has 0 unspecified atom stereocenters. The first-order valence-corrected chi connectivity index (χ1v) is 19.4. The van der Waals surface area contributed by atoms with E-state index < -0.39 is 17.6 Å². The highest BCUT2D eigenvalue weighted by Gasteiger charge is 2.41. The molecule has 0 amide bonds. The summed E-state index contributed by atoms with van der Waals surface area (Å²) in [4.78, 5) is 0. The lowest BCUT2D eigenvalue weighted by Gasteiger charge is -2.40. The molecule has 0 aliphatic carbocycles. The van der Waals surface area contributed by atoms with Crippen molar-refractivity contribution in [2.45, 2.75) is 98.6 Å². The molecule has 3 heteroatoms. The maximum Gasteiger partial charge on any atom is 0.159 e. The van der Waals surface area contributed by atoms with Gasteiger partial charge in [0.1, 0.15) is 11.5 Å². The van der Waals surface area contributed by atoms with Crippen molar-refractivity contribution >= 4 is 38.3 Å². The molecule has 0 saturated heterocycles. The highest BCUT2D eigenvalue weighted by Crippen LogP contribution is 2.49. The fourth-order valence-electron chi connectivity index (χ4n) is 5.99. The minimum absolute atomic E-state index is 0.00901. The molecule has 0 spiro atoms. The fourth-order valence-corrected chi connectivity index (χ4v) is 9.75. The summed E-state index contributed by atoms with van der Waals surface area (Å²) < 4.78 is 7.29. The Kier molecular flexibility index (Phi) is 7.77. The normalized spacial score (nSPS) is 14.5. The van der Waals surface area contributed by atoms with Gasteiger partial charge in [0.05, 0.1) is 8.80 Å². The van der Waals surface area contributed by atoms with Gasteiger partial charge < -0.3 is 4.74 Å². The zero-order valence-corrected chi connectivity index (χ0v) is 29.8. The third kappa shape index (κ3) is 5.58. The Hall–Kier alpha value is -2.89. The molecule has 2 radical (unpaired) electrons. The van der Waals surface area contributed by atoms with E-state index in [0.29, 0.717) is 0 Å². The first-order chi connectivity index (χ1) is 19.5. The van der Waals surface area contributed by atoms with Gasteiger partial charge in [0, 0.05) is 16.5 Å². The number of ether oxygens (including phenoxy) is 1. The van der Waals surface area contributed by atoms with Crippen LogP contribution >= 0.6 is 0 Å². The number of fused-ring (bicyclic) bond motifs is 2. The lowest BCUT2D eigenvalue weighted by Crippen LogP contribution is -2.53. The monoisotopic (exact) mass is 588 g/mol. The third-order valence-corrected chi connectivity index (χ3v) is 13.1. The van der Waals surface area contributed by atoms with E-state index in [1.165, 1.54) is 54.1 Å². The Morgan fingerprint density at radius 1 is 0.571 bits per heavy atom. The first kappa shape index (κ1) is 30.6. The van der Waals surface area contributed by atoms with Gasteiger partial charge in [-0.1, -0.05) is 163 Å². The summed E-state index contributed by atoms with van der Waals surface area (Å²) in [5.74, 6) is 2.20. The Balaban J connectivity index is 1.86. The third-order valence-electron chi connectivity index (χ3n) is 8.95. The van der Waals surface area contributed by atoms with Crippen molar-refractivity contribution in [3.8, 4) is 11.5 Å². The van der Waals surface area contributed by atoms with Crippen molar-refractivity contribution in [3.05, 3.63) is 106 Å². The van der Waals surface area contributed by atoms with Gasteiger partial charge in [0.25, 0.3) is 0 Å². The van der Waals surface area contributed by atoms with Crippen molar-refractivity contribution in [2.75, 3.05) is 0 Å². The van der Waals surface area contributed by atoms with Crippen molar-refractivity contribution in [1.29, 1.82) is 0 Å². The number of rotatable bonds is 4. The Morgan fingerprint density at radius 2 is 0.952 bits per heavy atom. The van der Waals surface area contributed by atoms with Gasteiger partial charge in [-0.05, 0) is 46.2 Å². The first-order valence-electron chi connectivity index (χ1n) is 15.4. The minimum atomic E-state index is -1.36. The molecule has 0 atom stereocenters. The summed E-state index contributed by atoms with van der Waals surface area (Å²) in [5.41, 5.74) is 7.90. The maximum absolute atomic E-state index is 7.29. The lowest BCUT2D eigenvalue weighted by atomic mass is 9.72. The summed E-state index contributed by atoms with van der Waals surface area (Å²) in [6.07, 6.45) is 0. The van der Waals surface area contributed by atoms with Crippen molar-refractivity contribution < 1.29 is 4.74 Å². The smallest absolute Gasteiger partial charge is 0.159 e. The molecule has 0 aromatic heterocycles. The number of benzene rings is 4. The van der Waals surface area contributed by atoms with E-state index in [-0.39, 0.29) is 16.2 Å². The van der Waals surface area contributed by atoms with E-state index in [0.717, 1.165) is 11.5 Å². The van der Waals surface area contributed by atoms with E-state index in [4.69, 9.17) is 4.74 Å². The molecule has 1 aliphatic heterocycles. The Morgan fingerprint density at radius 3 is 1.33 bits per heavy atom. The predicted octanol–water partition coefficient (Wildman–Crippen LogP) is 7.81. The molecule has 0 bridgehead atoms. The highest BCUT2D eigenvalue weighted by molar-refractivity contribution is 6.96. The van der Waals surface area contributed by atoms with Gasteiger partial charge in [-0.2, -0.15) is 0 Å². The van der Waals surface area contributed by atoms with Crippen molar-refractivity contribution in [3.63, 3.8) is 0 Å². The molecular weight excluding hydrogens is 541 g/mol. The summed E-state index contributed by atoms with van der Waals surface area (Å²) in [5, 5.41) is 5.56. The van der Waals surface area contributed by atoms with Crippen LogP contribution in [0.1, 0.15) is 88.8 Å². The molecule has 4 aromatic rings. The summed E-state index contributed by atoms with van der Waals surface area (Å²) in [6.45, 7) is 28.0. The Labute approximate surface area is 258 Å². The average molecular weight is 589 g/mol. The van der Waals surface area contributed by atoms with E-state index in [1.54, 1.807) is 0 Å². The Bertz CT molecular complexity index is 1570. The molecule has 1 heterocycles. The minimum Gasteiger partial charge on any atom is -0.457 e. The standard InChI is InChI=1S/C39H48OSi2/c1-25-13-17-29(18-14-25)42(30-19-15-26(2)16-20-30)34-24-28(38(6,7)8)22-32-36(34)40-35-31(39(32,9)10)21-27(37(3,4)5)23-33(35)41(11)12/h13-24H,1-12H3. The van der Waals surface area contributed by atoms with Gasteiger partial charge >= 0.3 is 0 Å². The van der Waals surface area contributed by atoms with Crippen molar-refractivity contribution in [1.82, 2.24) is 0 Å². The van der Waals surface area contributed by atoms with E-state index >= 15 is 0 Å². The average Bonchev–Trinajstić information content (AvgIpc) is 2.89. The van der Waals surface area contributed by atoms with Crippen molar-refractivity contribution in [2.24, 2.45) is 0 Å². The van der Waals surface area contributed by atoms with Crippen LogP contribution in [0.15, 0.2) is 72.8 Å². The van der Waals surface area contributed by atoms with Crippen LogP contribution in [0.2, 0.25) is 13.1 Å². The molecule has 0 saturated carbocycles. The number of hydrogen-bond acceptors (Lipinski definition) is 1. The topological polar surface area (TPSA) is 9.23 Å². The molecule has 218 valence electrons. The van der Waals surface area contributed by atoms with Gasteiger partial charge in [0.15, 0.2) is 8.80 Å². The molecular formula is C39H48OSi2. The zero-order chi connectivity index (χ0) is 30.8. The second-order valence-electron chi connectivity index (χ2n) is 15.1. The van der Waals surface area contributed by atoms with E-state index in [1.807, 2.05) is 0 Å². The van der Waals surface area contributed by atoms with Crippen LogP contribution in [-0.2, 0) is 16.2 Å². The zero-order valence-electron chi connectivity index (χ0n) is 27.8. The molecule has 1 aliphatic rings. The second kappa shape index (κ2) is 10.7. The number of hydrogen-bond donors (Lipinski definition) is 0. The molecule has 1 nitrogen and oxygen atoms in total. The SMILES string of the molecule is Cc1ccc([Si](c2ccc(C)cc2)c2cc(C(C)(C)C)cc3c2Oc2c([Si](C)C)cc(C(C)(C)C)cc2C3(C)C)cc1. The predicted molar refractivity (Wildman–Crippen MR) is 187 cm³/mol. The van der Waals surface area contributed by atoms with Gasteiger partial charge in [-0.25, -0.2) is 0 Å². The molecule has 0 fully saturated rings. The van der Waals surface area contributed by atoms with Crippen LogP contribution in [0.5, 0.6) is 11.5 Å². The van der Waals surface area contributed by atoms with Crippen LogP contribution < -0.4 is 25.5 Å². The van der Waals surface area contributed by atoms with Gasteiger partial charge in [-0.15, -0.1) is 0 Å². The molecule has 5 rings (SSSR count). The van der Waals surface area contributed by atoms with Crippen LogP contribution in [0, 0.1) is 13.8 Å². The van der Waals surface area contributed by atoms with Crippen LogP contribution in [0.3, 0.4) is 0 Å². The van der Waals surface area contributed by atoms with Gasteiger partial charge in [0.2, 0.25) is 0 Å². The molecule has 4 aromatic carbocycles. The number of aryl methyl sites for hydroxylation is 2. The van der Waals surface area contributed by atoms with Crippen LogP contribution in [0.4, 0.5) is 0 Å². The van der Waals surface area contributed by atoms with E-state index in [9.17, 15) is 0 Å². The maximum atomic E-state index is 7.29. The van der Waals surface area contributed by atoms with E-state index in [2.05, 4.69) is 155 Å². The second-order valence-corrected chi connectivity index (χ2v) is 20.1. The van der Waals surface area contributed by atoms with Crippen LogP contribution in [0.25, 0.3) is 0 Å². The summed E-state index contributed by atoms with van der Waals surface area (Å²) in [6, 6.07) is 28.3. The highest BCUT2D eigenvalue weighted by atomic mass is 28.3. The van der Waals surface area contributed by atoms with Crippen LogP contribution in [-0.4, -0.2) is 17.6 Å². The largest absolute Gasteiger partial charge is 0.457 e. The lowest BCUT2D eigenvalue weighted by molar-refractivity contribution is 0.421. The summed E-state index contributed by atoms with van der Waals surface area (Å²) >= 11 is 0. The molecule has 0 N–H and O–H groups in total. The van der Waals surface area contributed by atoms with Gasteiger partial charge in [-0.3, -0.25) is 0 Å². The fraction of sp³-hybridized carbons (Fsp3) is 0.385. The quantitative estimate of drug-likeness (QED) is 0.175. The summed E-state index contributed by atoms with van der Waals surface area (Å²) in [7, 11) is -2.14.